The van der Waals surface area contributed by atoms with Gasteiger partial charge < -0.3 is 10.4 Å². The van der Waals surface area contributed by atoms with Crippen LogP contribution in [0.1, 0.15) is 35.2 Å². The zero-order valence-electron chi connectivity index (χ0n) is 13.5. The van der Waals surface area contributed by atoms with Gasteiger partial charge in [-0.2, -0.15) is 0 Å². The second kappa shape index (κ2) is 6.83. The summed E-state index contributed by atoms with van der Waals surface area (Å²) in [5, 5.41) is 12.1. The number of pyridine rings is 1. The fourth-order valence-electron chi connectivity index (χ4n) is 3.23. The zero-order chi connectivity index (χ0) is 17.1. The first-order chi connectivity index (χ1) is 11.5. The molecule has 0 bridgehead atoms. The fraction of sp³-hybridized carbons (Fsp3) is 0.316. The molecule has 1 amide bonds. The summed E-state index contributed by atoms with van der Waals surface area (Å²) in [6, 6.07) is 9.48. The number of nitrogens with zero attached hydrogens (tertiary/aromatic N) is 1. The molecule has 1 heterocycles. The van der Waals surface area contributed by atoms with Crippen LogP contribution in [0.3, 0.4) is 0 Å². The monoisotopic (exact) mass is 324 g/mol. The normalized spacial score (nSPS) is 19.9. The SMILES string of the molecule is Cc1cccc(-c2cncc(C(=O)N[C@@H]3CCC[C@@H]3C(=O)O)c2)c1. The van der Waals surface area contributed by atoms with Gasteiger partial charge in [0.2, 0.25) is 0 Å². The number of amides is 1. The van der Waals surface area contributed by atoms with E-state index in [9.17, 15) is 14.7 Å². The molecule has 0 aliphatic heterocycles. The van der Waals surface area contributed by atoms with Crippen molar-refractivity contribution in [3.8, 4) is 11.1 Å². The molecule has 1 fully saturated rings. The van der Waals surface area contributed by atoms with Gasteiger partial charge in [-0.05, 0) is 31.4 Å². The maximum absolute atomic E-state index is 12.5. The lowest BCUT2D eigenvalue weighted by molar-refractivity contribution is -0.142. The van der Waals surface area contributed by atoms with Gasteiger partial charge in [0.1, 0.15) is 0 Å². The van der Waals surface area contributed by atoms with Gasteiger partial charge in [0.05, 0.1) is 11.5 Å². The Morgan fingerprint density at radius 2 is 2.00 bits per heavy atom. The molecule has 2 N–H and O–H groups in total. The van der Waals surface area contributed by atoms with E-state index in [0.717, 1.165) is 23.1 Å². The zero-order valence-corrected chi connectivity index (χ0v) is 13.5. The number of carboxylic acids is 1. The van der Waals surface area contributed by atoms with Crippen molar-refractivity contribution >= 4 is 11.9 Å². The van der Waals surface area contributed by atoms with Gasteiger partial charge in [-0.1, -0.05) is 36.2 Å². The van der Waals surface area contributed by atoms with Crippen molar-refractivity contribution in [3.63, 3.8) is 0 Å². The number of carbonyl (C=O) groups is 2. The van der Waals surface area contributed by atoms with Gasteiger partial charge in [-0.3, -0.25) is 14.6 Å². The average Bonchev–Trinajstić information content (AvgIpc) is 3.03. The van der Waals surface area contributed by atoms with E-state index < -0.39 is 11.9 Å². The van der Waals surface area contributed by atoms with Crippen LogP contribution in [0.25, 0.3) is 11.1 Å². The van der Waals surface area contributed by atoms with Gasteiger partial charge in [-0.25, -0.2) is 0 Å². The van der Waals surface area contributed by atoms with Crippen molar-refractivity contribution in [2.75, 3.05) is 0 Å². The van der Waals surface area contributed by atoms with Gasteiger partial charge in [0.15, 0.2) is 0 Å². The summed E-state index contributed by atoms with van der Waals surface area (Å²) in [6.45, 7) is 2.01. The Bertz CT molecular complexity index is 773. The number of carboxylic acid groups (broad SMARTS) is 1. The summed E-state index contributed by atoms with van der Waals surface area (Å²) in [7, 11) is 0. The third kappa shape index (κ3) is 3.45. The molecule has 1 saturated carbocycles. The van der Waals surface area contributed by atoms with E-state index in [-0.39, 0.29) is 11.9 Å². The molecule has 5 heteroatoms. The Hall–Kier alpha value is -2.69. The molecule has 2 atom stereocenters. The lowest BCUT2D eigenvalue weighted by Crippen LogP contribution is -2.40. The van der Waals surface area contributed by atoms with E-state index in [1.54, 1.807) is 12.3 Å². The summed E-state index contributed by atoms with van der Waals surface area (Å²) < 4.78 is 0. The van der Waals surface area contributed by atoms with Crippen LogP contribution < -0.4 is 5.32 Å². The molecule has 24 heavy (non-hydrogen) atoms. The van der Waals surface area contributed by atoms with E-state index >= 15 is 0 Å². The second-order valence-electron chi connectivity index (χ2n) is 6.29. The number of carbonyl (C=O) groups excluding carboxylic acids is 1. The predicted molar refractivity (Wildman–Crippen MR) is 90.6 cm³/mol. The first-order valence-electron chi connectivity index (χ1n) is 8.10. The summed E-state index contributed by atoms with van der Waals surface area (Å²) in [5.41, 5.74) is 3.46. The van der Waals surface area contributed by atoms with Crippen molar-refractivity contribution in [3.05, 3.63) is 53.9 Å². The van der Waals surface area contributed by atoms with Crippen LogP contribution in [0.5, 0.6) is 0 Å². The first-order valence-corrected chi connectivity index (χ1v) is 8.10. The van der Waals surface area contributed by atoms with E-state index in [1.807, 2.05) is 31.2 Å². The fourth-order valence-corrected chi connectivity index (χ4v) is 3.23. The Labute approximate surface area is 140 Å². The highest BCUT2D eigenvalue weighted by molar-refractivity contribution is 5.95. The molecule has 0 radical (unpaired) electrons. The van der Waals surface area contributed by atoms with E-state index in [4.69, 9.17) is 0 Å². The number of benzene rings is 1. The molecule has 0 unspecified atom stereocenters. The van der Waals surface area contributed by atoms with Crippen LogP contribution in [0, 0.1) is 12.8 Å². The van der Waals surface area contributed by atoms with Gasteiger partial charge in [0.25, 0.3) is 5.91 Å². The van der Waals surface area contributed by atoms with Crippen LogP contribution in [0.15, 0.2) is 42.7 Å². The molecule has 5 nitrogen and oxygen atoms in total. The number of hydrogen-bond donors (Lipinski definition) is 2. The molecular weight excluding hydrogens is 304 g/mol. The van der Waals surface area contributed by atoms with Gasteiger partial charge in [0, 0.05) is 24.0 Å². The van der Waals surface area contributed by atoms with Gasteiger partial charge in [-0.15, -0.1) is 0 Å². The van der Waals surface area contributed by atoms with E-state index in [1.165, 1.54) is 6.20 Å². The molecule has 3 rings (SSSR count). The second-order valence-corrected chi connectivity index (χ2v) is 6.29. The van der Waals surface area contributed by atoms with Crippen LogP contribution in [-0.4, -0.2) is 28.0 Å². The summed E-state index contributed by atoms with van der Waals surface area (Å²) >= 11 is 0. The minimum atomic E-state index is -0.843. The van der Waals surface area contributed by atoms with E-state index in [0.29, 0.717) is 18.4 Å². The quantitative estimate of drug-likeness (QED) is 0.906. The Kier molecular flexibility index (Phi) is 4.60. The van der Waals surface area contributed by atoms with Crippen LogP contribution in [0.4, 0.5) is 0 Å². The molecule has 2 aromatic rings. The third-order valence-electron chi connectivity index (χ3n) is 4.50. The molecule has 1 aliphatic carbocycles. The molecule has 1 aliphatic rings. The lowest BCUT2D eigenvalue weighted by Gasteiger charge is -2.17. The third-order valence-corrected chi connectivity index (χ3v) is 4.50. The van der Waals surface area contributed by atoms with Crippen molar-refractivity contribution < 1.29 is 14.7 Å². The Morgan fingerprint density at radius 3 is 2.75 bits per heavy atom. The topological polar surface area (TPSA) is 79.3 Å². The first kappa shape index (κ1) is 16.2. The van der Waals surface area contributed by atoms with Crippen LogP contribution >= 0.6 is 0 Å². The minimum Gasteiger partial charge on any atom is -0.481 e. The number of aromatic nitrogens is 1. The summed E-state index contributed by atoms with van der Waals surface area (Å²) in [6.07, 6.45) is 5.37. The van der Waals surface area contributed by atoms with Crippen molar-refractivity contribution in [2.45, 2.75) is 32.2 Å². The highest BCUT2D eigenvalue weighted by Gasteiger charge is 2.34. The number of rotatable bonds is 4. The maximum Gasteiger partial charge on any atom is 0.308 e. The standard InChI is InChI=1S/C19H20N2O3/c1-12-4-2-5-13(8-12)14-9-15(11-20-10-14)18(22)21-17-7-3-6-16(17)19(23)24/h2,4-5,8-11,16-17H,3,6-7H2,1H3,(H,21,22)(H,23,24)/t16-,17+/m0/s1. The van der Waals surface area contributed by atoms with Gasteiger partial charge >= 0.3 is 5.97 Å². The predicted octanol–water partition coefficient (Wildman–Crippen LogP) is 3.04. The number of hydrogen-bond acceptors (Lipinski definition) is 3. The van der Waals surface area contributed by atoms with Crippen molar-refractivity contribution in [1.29, 1.82) is 0 Å². The minimum absolute atomic E-state index is 0.268. The number of aryl methyl sites for hydroxylation is 1. The molecule has 1 aromatic carbocycles. The van der Waals surface area contributed by atoms with Crippen molar-refractivity contribution in [2.24, 2.45) is 5.92 Å². The van der Waals surface area contributed by atoms with Crippen LogP contribution in [-0.2, 0) is 4.79 Å². The molecule has 1 aromatic heterocycles. The largest absolute Gasteiger partial charge is 0.481 e. The lowest BCUT2D eigenvalue weighted by atomic mass is 10.0. The molecule has 0 spiro atoms. The Morgan fingerprint density at radius 1 is 1.17 bits per heavy atom. The molecular formula is C19H20N2O3. The molecule has 124 valence electrons. The highest BCUT2D eigenvalue weighted by atomic mass is 16.4. The smallest absolute Gasteiger partial charge is 0.308 e. The maximum atomic E-state index is 12.5. The van der Waals surface area contributed by atoms with Crippen molar-refractivity contribution in [1.82, 2.24) is 10.3 Å². The average molecular weight is 324 g/mol. The number of aliphatic carboxylic acids is 1. The van der Waals surface area contributed by atoms with E-state index in [2.05, 4.69) is 10.3 Å². The number of nitrogens with one attached hydrogen (secondary N) is 1. The summed E-state index contributed by atoms with van der Waals surface area (Å²) in [5.74, 6) is -1.61. The highest BCUT2D eigenvalue weighted by Crippen LogP contribution is 2.26. The Balaban J connectivity index is 1.78. The van der Waals surface area contributed by atoms with Crippen LogP contribution in [0.2, 0.25) is 0 Å². The summed E-state index contributed by atoms with van der Waals surface area (Å²) in [4.78, 5) is 27.9. The molecule has 0 saturated heterocycles.